The second-order valence-corrected chi connectivity index (χ2v) is 5.61. The average Bonchev–Trinajstić information content (AvgIpc) is 2.58. The zero-order chi connectivity index (χ0) is 15.0. The predicted octanol–water partition coefficient (Wildman–Crippen LogP) is 2.99. The molecule has 1 fully saturated rings. The van der Waals surface area contributed by atoms with Crippen molar-refractivity contribution in [1.29, 1.82) is 0 Å². The maximum Gasteiger partial charge on any atom is 0.119 e. The van der Waals surface area contributed by atoms with Crippen LogP contribution in [0.2, 0.25) is 0 Å². The van der Waals surface area contributed by atoms with Crippen LogP contribution < -0.4 is 4.74 Å². The molecule has 0 atom stereocenters. The number of nitrogens with zero attached hydrogens (tertiary/aromatic N) is 1. The molecule has 0 aromatic heterocycles. The summed E-state index contributed by atoms with van der Waals surface area (Å²) in [6, 6.07) is 19.0. The molecule has 0 amide bonds. The molecule has 2 aromatic carbocycles. The Morgan fingerprint density at radius 1 is 0.864 bits per heavy atom. The van der Waals surface area contributed by atoms with Gasteiger partial charge in [0.25, 0.3) is 0 Å². The maximum absolute atomic E-state index is 5.83. The molecular weight excluding hydrogens is 274 g/mol. The van der Waals surface area contributed by atoms with Gasteiger partial charge < -0.3 is 9.47 Å². The van der Waals surface area contributed by atoms with Crippen LogP contribution in [-0.2, 0) is 11.2 Å². The van der Waals surface area contributed by atoms with Gasteiger partial charge in [0, 0.05) is 19.6 Å². The molecule has 2 aromatic rings. The number of hydrogen-bond donors (Lipinski definition) is 0. The fourth-order valence-electron chi connectivity index (χ4n) is 2.65. The molecule has 0 spiro atoms. The van der Waals surface area contributed by atoms with Crippen LogP contribution in [0.5, 0.6) is 5.75 Å². The minimum Gasteiger partial charge on any atom is -0.492 e. The summed E-state index contributed by atoms with van der Waals surface area (Å²) in [5, 5.41) is 0. The lowest BCUT2D eigenvalue weighted by Crippen LogP contribution is -2.38. The SMILES string of the molecule is c1ccc(Cc2ccc(OCCN3CCOCC3)cc2)cc1. The zero-order valence-corrected chi connectivity index (χ0v) is 12.9. The largest absolute Gasteiger partial charge is 0.492 e. The van der Waals surface area contributed by atoms with E-state index in [1.807, 2.05) is 0 Å². The summed E-state index contributed by atoms with van der Waals surface area (Å²) < 4.78 is 11.2. The summed E-state index contributed by atoms with van der Waals surface area (Å²) >= 11 is 0. The Bertz CT molecular complexity index is 547. The van der Waals surface area contributed by atoms with Crippen molar-refractivity contribution in [3.05, 3.63) is 65.7 Å². The van der Waals surface area contributed by atoms with Gasteiger partial charge in [0.05, 0.1) is 13.2 Å². The van der Waals surface area contributed by atoms with E-state index in [1.165, 1.54) is 11.1 Å². The van der Waals surface area contributed by atoms with Crippen molar-refractivity contribution in [2.24, 2.45) is 0 Å². The predicted molar refractivity (Wildman–Crippen MR) is 88.4 cm³/mol. The van der Waals surface area contributed by atoms with Gasteiger partial charge in [0.1, 0.15) is 12.4 Å². The van der Waals surface area contributed by atoms with E-state index < -0.39 is 0 Å². The molecule has 0 unspecified atom stereocenters. The summed E-state index contributed by atoms with van der Waals surface area (Å²) in [6.07, 6.45) is 0.967. The van der Waals surface area contributed by atoms with E-state index in [0.29, 0.717) is 0 Å². The first kappa shape index (κ1) is 15.1. The highest BCUT2D eigenvalue weighted by molar-refractivity contribution is 5.31. The van der Waals surface area contributed by atoms with Crippen molar-refractivity contribution >= 4 is 0 Å². The number of morpholine rings is 1. The normalized spacial score (nSPS) is 15.6. The lowest BCUT2D eigenvalue weighted by molar-refractivity contribution is 0.0322. The first-order valence-electron chi connectivity index (χ1n) is 7.96. The van der Waals surface area contributed by atoms with Crippen molar-refractivity contribution < 1.29 is 9.47 Å². The molecule has 1 saturated heterocycles. The number of ether oxygens (including phenoxy) is 2. The fraction of sp³-hybridized carbons (Fsp3) is 0.368. The van der Waals surface area contributed by atoms with Gasteiger partial charge >= 0.3 is 0 Å². The quantitative estimate of drug-likeness (QED) is 0.818. The van der Waals surface area contributed by atoms with Crippen LogP contribution in [0, 0.1) is 0 Å². The lowest BCUT2D eigenvalue weighted by atomic mass is 10.1. The number of benzene rings is 2. The molecular formula is C19H23NO2. The van der Waals surface area contributed by atoms with Gasteiger partial charge in [-0.1, -0.05) is 42.5 Å². The molecule has 0 bridgehead atoms. The molecule has 3 nitrogen and oxygen atoms in total. The van der Waals surface area contributed by atoms with Gasteiger partial charge in [-0.05, 0) is 29.7 Å². The Balaban J connectivity index is 1.45. The van der Waals surface area contributed by atoms with Crippen LogP contribution in [0.3, 0.4) is 0 Å². The molecule has 1 heterocycles. The van der Waals surface area contributed by atoms with Crippen LogP contribution in [0.1, 0.15) is 11.1 Å². The molecule has 116 valence electrons. The monoisotopic (exact) mass is 297 g/mol. The van der Waals surface area contributed by atoms with Crippen LogP contribution in [-0.4, -0.2) is 44.4 Å². The Morgan fingerprint density at radius 3 is 2.27 bits per heavy atom. The molecule has 1 aliphatic heterocycles. The first-order valence-corrected chi connectivity index (χ1v) is 7.96. The smallest absolute Gasteiger partial charge is 0.119 e. The van der Waals surface area contributed by atoms with E-state index in [0.717, 1.165) is 51.6 Å². The van der Waals surface area contributed by atoms with E-state index >= 15 is 0 Å². The van der Waals surface area contributed by atoms with Crippen molar-refractivity contribution in [3.8, 4) is 5.75 Å². The number of rotatable bonds is 6. The van der Waals surface area contributed by atoms with Gasteiger partial charge in [-0.25, -0.2) is 0 Å². The summed E-state index contributed by atoms with van der Waals surface area (Å²) in [4.78, 5) is 2.38. The third-order valence-corrected chi connectivity index (χ3v) is 3.95. The minimum atomic E-state index is 0.734. The summed E-state index contributed by atoms with van der Waals surface area (Å²) in [7, 11) is 0. The molecule has 0 N–H and O–H groups in total. The fourth-order valence-corrected chi connectivity index (χ4v) is 2.65. The molecule has 3 rings (SSSR count). The Hall–Kier alpha value is -1.84. The summed E-state index contributed by atoms with van der Waals surface area (Å²) in [6.45, 7) is 5.41. The van der Waals surface area contributed by atoms with E-state index in [-0.39, 0.29) is 0 Å². The summed E-state index contributed by atoms with van der Waals surface area (Å²) in [5.41, 5.74) is 2.65. The first-order chi connectivity index (χ1) is 10.9. The van der Waals surface area contributed by atoms with Gasteiger partial charge in [-0.2, -0.15) is 0 Å². The molecule has 0 radical (unpaired) electrons. The zero-order valence-electron chi connectivity index (χ0n) is 12.9. The molecule has 22 heavy (non-hydrogen) atoms. The van der Waals surface area contributed by atoms with E-state index in [4.69, 9.17) is 9.47 Å². The van der Waals surface area contributed by atoms with Crippen molar-refractivity contribution in [2.75, 3.05) is 39.5 Å². The van der Waals surface area contributed by atoms with E-state index in [9.17, 15) is 0 Å². The van der Waals surface area contributed by atoms with Crippen LogP contribution in [0.4, 0.5) is 0 Å². The topological polar surface area (TPSA) is 21.7 Å². The third kappa shape index (κ3) is 4.58. The highest BCUT2D eigenvalue weighted by Crippen LogP contribution is 2.15. The van der Waals surface area contributed by atoms with Gasteiger partial charge in [-0.3, -0.25) is 4.90 Å². The third-order valence-electron chi connectivity index (χ3n) is 3.95. The van der Waals surface area contributed by atoms with Crippen molar-refractivity contribution in [3.63, 3.8) is 0 Å². The lowest BCUT2D eigenvalue weighted by Gasteiger charge is -2.26. The van der Waals surface area contributed by atoms with Crippen LogP contribution in [0.25, 0.3) is 0 Å². The van der Waals surface area contributed by atoms with Crippen molar-refractivity contribution in [2.45, 2.75) is 6.42 Å². The number of hydrogen-bond acceptors (Lipinski definition) is 3. The van der Waals surface area contributed by atoms with E-state index in [2.05, 4.69) is 59.5 Å². The Labute approximate surface area is 132 Å². The highest BCUT2D eigenvalue weighted by atomic mass is 16.5. The second kappa shape index (κ2) is 7.97. The Morgan fingerprint density at radius 2 is 1.55 bits per heavy atom. The van der Waals surface area contributed by atoms with Gasteiger partial charge in [0.2, 0.25) is 0 Å². The average molecular weight is 297 g/mol. The standard InChI is InChI=1S/C19H23NO2/c1-2-4-17(5-3-1)16-18-6-8-19(9-7-18)22-15-12-20-10-13-21-14-11-20/h1-9H,10-16H2. The van der Waals surface area contributed by atoms with Crippen LogP contribution in [0.15, 0.2) is 54.6 Å². The van der Waals surface area contributed by atoms with E-state index in [1.54, 1.807) is 0 Å². The molecule has 1 aliphatic rings. The van der Waals surface area contributed by atoms with Crippen molar-refractivity contribution in [1.82, 2.24) is 4.90 Å². The minimum absolute atomic E-state index is 0.734. The van der Waals surface area contributed by atoms with Crippen LogP contribution >= 0.6 is 0 Å². The maximum atomic E-state index is 5.83. The van der Waals surface area contributed by atoms with Gasteiger partial charge in [0.15, 0.2) is 0 Å². The Kier molecular flexibility index (Phi) is 5.46. The summed E-state index contributed by atoms with van der Waals surface area (Å²) in [5.74, 6) is 0.949. The molecule has 0 saturated carbocycles. The second-order valence-electron chi connectivity index (χ2n) is 5.61. The molecule has 0 aliphatic carbocycles. The van der Waals surface area contributed by atoms with Gasteiger partial charge in [-0.15, -0.1) is 0 Å². The highest BCUT2D eigenvalue weighted by Gasteiger charge is 2.09. The molecule has 3 heteroatoms.